The number of benzene rings is 1. The van der Waals surface area contributed by atoms with Crippen LogP contribution in [0.4, 0.5) is 0 Å². The van der Waals surface area contributed by atoms with Gasteiger partial charge in [0.25, 0.3) is 0 Å². The van der Waals surface area contributed by atoms with Gasteiger partial charge in [0.05, 0.1) is 27.3 Å². The second-order valence-corrected chi connectivity index (χ2v) is 5.46. The molecule has 3 aromatic rings. The number of H-pyrrole nitrogens is 1. The molecule has 0 saturated carbocycles. The van der Waals surface area contributed by atoms with Gasteiger partial charge in [-0.2, -0.15) is 0 Å². The number of nitrogens with one attached hydrogen (secondary N) is 1. The molecule has 0 atom stereocenters. The molecule has 1 aromatic carbocycles. The Morgan fingerprint density at radius 1 is 1.44 bits per heavy atom. The van der Waals surface area contributed by atoms with Gasteiger partial charge in [-0.3, -0.25) is 0 Å². The van der Waals surface area contributed by atoms with E-state index in [4.69, 9.17) is 23.8 Å². The van der Waals surface area contributed by atoms with Gasteiger partial charge >= 0.3 is 0 Å². The normalized spacial score (nSPS) is 11.2. The van der Waals surface area contributed by atoms with Crippen LogP contribution in [0.25, 0.3) is 11.0 Å². The van der Waals surface area contributed by atoms with Crippen LogP contribution in [0.1, 0.15) is 5.69 Å². The van der Waals surface area contributed by atoms with Crippen molar-refractivity contribution in [1.29, 1.82) is 0 Å². The molecule has 0 fully saturated rings. The Hall–Kier alpha value is -1.17. The Balaban J connectivity index is 1.99. The molecule has 0 radical (unpaired) electrons. The monoisotopic (exact) mass is 295 g/mol. The van der Waals surface area contributed by atoms with Crippen molar-refractivity contribution in [1.82, 2.24) is 14.5 Å². The smallest absolute Gasteiger partial charge is 0.178 e. The van der Waals surface area contributed by atoms with Crippen molar-refractivity contribution in [2.75, 3.05) is 0 Å². The Labute approximate surface area is 118 Å². The minimum Gasteiger partial charge on any atom is -0.329 e. The number of thiazole rings is 1. The predicted molar refractivity (Wildman–Crippen MR) is 78.0 cm³/mol. The van der Waals surface area contributed by atoms with Crippen molar-refractivity contribution < 1.29 is 0 Å². The van der Waals surface area contributed by atoms with E-state index in [2.05, 4.69) is 19.9 Å². The Bertz CT molecular complexity index is 727. The molecule has 18 heavy (non-hydrogen) atoms. The number of para-hydroxylation sites is 1. The first kappa shape index (κ1) is 11.9. The van der Waals surface area contributed by atoms with Gasteiger partial charge in [-0.1, -0.05) is 17.7 Å². The van der Waals surface area contributed by atoms with Crippen molar-refractivity contribution in [3.8, 4) is 0 Å². The first-order valence-electron chi connectivity index (χ1n) is 5.50. The van der Waals surface area contributed by atoms with Crippen LogP contribution in [0.15, 0.2) is 29.1 Å². The predicted octanol–water partition coefficient (Wildman–Crippen LogP) is 4.05. The lowest BCUT2D eigenvalue weighted by atomic mass is 10.3. The lowest BCUT2D eigenvalue weighted by Crippen LogP contribution is -2.01. The lowest BCUT2D eigenvalue weighted by molar-refractivity contribution is 0.698. The van der Waals surface area contributed by atoms with Gasteiger partial charge in [0.15, 0.2) is 4.77 Å². The fourth-order valence-electron chi connectivity index (χ4n) is 1.95. The molecule has 92 valence electrons. The number of rotatable bonds is 3. The number of nitrogens with zero attached hydrogens (tertiary/aromatic N) is 2. The molecular weight excluding hydrogens is 286 g/mol. The van der Waals surface area contributed by atoms with Crippen LogP contribution >= 0.6 is 35.2 Å². The van der Waals surface area contributed by atoms with Crippen molar-refractivity contribution in [2.24, 2.45) is 0 Å². The van der Waals surface area contributed by atoms with Crippen LogP contribution < -0.4 is 0 Å². The highest BCUT2D eigenvalue weighted by molar-refractivity contribution is 7.71. The van der Waals surface area contributed by atoms with E-state index in [1.165, 1.54) is 0 Å². The van der Waals surface area contributed by atoms with E-state index in [0.29, 0.717) is 9.79 Å². The molecule has 0 aliphatic rings. The van der Waals surface area contributed by atoms with Gasteiger partial charge in [0.1, 0.15) is 0 Å². The number of aromatic amines is 1. The Kier molecular flexibility index (Phi) is 3.20. The second kappa shape index (κ2) is 4.84. The third-order valence-electron chi connectivity index (χ3n) is 2.83. The summed E-state index contributed by atoms with van der Waals surface area (Å²) in [6.45, 7) is 0.808. The third-order valence-corrected chi connectivity index (χ3v) is 4.11. The minimum atomic E-state index is 0.700. The van der Waals surface area contributed by atoms with Crippen LogP contribution in [0.2, 0.25) is 5.02 Å². The maximum Gasteiger partial charge on any atom is 0.178 e. The van der Waals surface area contributed by atoms with Crippen molar-refractivity contribution in [2.45, 2.75) is 13.0 Å². The zero-order chi connectivity index (χ0) is 12.5. The zero-order valence-corrected chi connectivity index (χ0v) is 11.8. The highest BCUT2D eigenvalue weighted by Gasteiger charge is 2.07. The first-order chi connectivity index (χ1) is 8.75. The summed E-state index contributed by atoms with van der Waals surface area (Å²) in [5, 5.41) is 2.76. The van der Waals surface area contributed by atoms with Crippen LogP contribution in [0, 0.1) is 4.77 Å². The molecule has 6 heteroatoms. The molecule has 0 aliphatic heterocycles. The summed E-state index contributed by atoms with van der Waals surface area (Å²) in [4.78, 5) is 7.43. The van der Waals surface area contributed by atoms with Gasteiger partial charge in [0.2, 0.25) is 0 Å². The van der Waals surface area contributed by atoms with E-state index in [1.807, 2.05) is 23.7 Å². The van der Waals surface area contributed by atoms with Crippen LogP contribution in [-0.4, -0.2) is 14.5 Å². The van der Waals surface area contributed by atoms with Crippen LogP contribution in [0.3, 0.4) is 0 Å². The maximum absolute atomic E-state index is 6.14. The van der Waals surface area contributed by atoms with E-state index >= 15 is 0 Å². The SMILES string of the molecule is S=c1[nH]c2c(Cl)cccc2n1CCc1cscn1. The van der Waals surface area contributed by atoms with Gasteiger partial charge < -0.3 is 9.55 Å². The molecule has 1 N–H and O–H groups in total. The van der Waals surface area contributed by atoms with Gasteiger partial charge in [-0.05, 0) is 24.4 Å². The first-order valence-corrected chi connectivity index (χ1v) is 7.23. The molecule has 2 aromatic heterocycles. The molecule has 0 amide bonds. The summed E-state index contributed by atoms with van der Waals surface area (Å²) in [7, 11) is 0. The minimum absolute atomic E-state index is 0.700. The number of hydrogen-bond acceptors (Lipinski definition) is 3. The maximum atomic E-state index is 6.14. The average molecular weight is 296 g/mol. The molecule has 2 heterocycles. The Morgan fingerprint density at radius 3 is 3.11 bits per heavy atom. The largest absolute Gasteiger partial charge is 0.329 e. The van der Waals surface area contributed by atoms with E-state index in [1.54, 1.807) is 11.3 Å². The fourth-order valence-corrected chi connectivity index (χ4v) is 3.06. The van der Waals surface area contributed by atoms with Gasteiger partial charge in [-0.15, -0.1) is 11.3 Å². The van der Waals surface area contributed by atoms with E-state index in [-0.39, 0.29) is 0 Å². The quantitative estimate of drug-likeness (QED) is 0.740. The standard InChI is InChI=1S/C12H10ClN3S2/c13-9-2-1-3-10-11(9)15-12(17)16(10)5-4-8-6-18-7-14-8/h1-3,6-7H,4-5H2,(H,15,17). The highest BCUT2D eigenvalue weighted by atomic mass is 35.5. The fraction of sp³-hybridized carbons (Fsp3) is 0.167. The van der Waals surface area contributed by atoms with Crippen molar-refractivity contribution >= 4 is 46.2 Å². The molecule has 0 saturated heterocycles. The van der Waals surface area contributed by atoms with Crippen molar-refractivity contribution in [3.63, 3.8) is 0 Å². The van der Waals surface area contributed by atoms with Gasteiger partial charge in [0, 0.05) is 18.3 Å². The van der Waals surface area contributed by atoms with E-state index in [0.717, 1.165) is 29.7 Å². The highest BCUT2D eigenvalue weighted by Crippen LogP contribution is 2.22. The molecule has 0 spiro atoms. The second-order valence-electron chi connectivity index (χ2n) is 3.95. The summed E-state index contributed by atoms with van der Waals surface area (Å²) < 4.78 is 2.77. The lowest BCUT2D eigenvalue weighted by Gasteiger charge is -2.02. The topological polar surface area (TPSA) is 33.6 Å². The molecule has 3 nitrogen and oxygen atoms in total. The van der Waals surface area contributed by atoms with E-state index < -0.39 is 0 Å². The number of aryl methyl sites for hydroxylation is 2. The average Bonchev–Trinajstić information content (AvgIpc) is 2.95. The van der Waals surface area contributed by atoms with Crippen LogP contribution in [0.5, 0.6) is 0 Å². The third kappa shape index (κ3) is 2.09. The van der Waals surface area contributed by atoms with Gasteiger partial charge in [-0.25, -0.2) is 4.98 Å². The summed E-state index contributed by atoms with van der Waals surface area (Å²) in [6.07, 6.45) is 0.872. The summed E-state index contributed by atoms with van der Waals surface area (Å²) >= 11 is 13.1. The summed E-state index contributed by atoms with van der Waals surface area (Å²) in [6, 6.07) is 5.82. The number of imidazole rings is 1. The zero-order valence-electron chi connectivity index (χ0n) is 9.39. The molecule has 0 bridgehead atoms. The molecule has 3 rings (SSSR count). The van der Waals surface area contributed by atoms with Crippen LogP contribution in [-0.2, 0) is 13.0 Å². The number of fused-ring (bicyclic) bond motifs is 1. The van der Waals surface area contributed by atoms with E-state index in [9.17, 15) is 0 Å². The van der Waals surface area contributed by atoms with Crippen molar-refractivity contribution in [3.05, 3.63) is 44.6 Å². The molecular formula is C12H10ClN3S2. The summed E-state index contributed by atoms with van der Waals surface area (Å²) in [5.74, 6) is 0. The summed E-state index contributed by atoms with van der Waals surface area (Å²) in [5.41, 5.74) is 4.89. The number of halogens is 1. The number of aromatic nitrogens is 3. The Morgan fingerprint density at radius 2 is 2.33 bits per heavy atom. The molecule has 0 aliphatic carbocycles. The number of hydrogen-bond donors (Lipinski definition) is 1. The molecule has 0 unspecified atom stereocenters.